The number of halogens is 5. The number of alkyl halides is 5. The second-order valence-electron chi connectivity index (χ2n) is 10.5. The molecule has 0 aliphatic carbocycles. The zero-order chi connectivity index (χ0) is 31.9. The van der Waals surface area contributed by atoms with Crippen molar-refractivity contribution in [1.82, 2.24) is 14.6 Å². The van der Waals surface area contributed by atoms with Crippen LogP contribution in [-0.2, 0) is 4.79 Å². The number of benzene rings is 4. The quantitative estimate of drug-likeness (QED) is 0.133. The number of imidazole rings is 1. The summed E-state index contributed by atoms with van der Waals surface area (Å²) in [7, 11) is 0. The minimum absolute atomic E-state index is 0.168. The number of thioether (sulfide) groups is 1. The molecule has 4 aromatic carbocycles. The summed E-state index contributed by atoms with van der Waals surface area (Å²) in [6, 6.07) is 21.9. The van der Waals surface area contributed by atoms with Crippen molar-refractivity contribution in [3.8, 4) is 11.4 Å². The van der Waals surface area contributed by atoms with Gasteiger partial charge in [0.1, 0.15) is 12.1 Å². The van der Waals surface area contributed by atoms with Crippen LogP contribution in [0.4, 0.5) is 27.6 Å². The average molecular weight is 638 g/mol. The first-order chi connectivity index (χ1) is 21.4. The zero-order valence-electron chi connectivity index (χ0n) is 23.8. The number of hydrogen-bond acceptors (Lipinski definition) is 6. The smallest absolute Gasteiger partial charge is 0.426 e. The van der Waals surface area contributed by atoms with Crippen molar-refractivity contribution in [1.29, 1.82) is 0 Å². The Kier molecular flexibility index (Phi) is 7.81. The van der Waals surface area contributed by atoms with Crippen LogP contribution in [0.5, 0.6) is 5.75 Å². The molecule has 2 heterocycles. The van der Waals surface area contributed by atoms with Crippen LogP contribution in [-0.4, -0.2) is 49.9 Å². The van der Waals surface area contributed by atoms with Crippen LogP contribution in [0, 0.1) is 0 Å². The lowest BCUT2D eigenvalue weighted by Gasteiger charge is -2.20. The molecule has 6 rings (SSSR count). The summed E-state index contributed by atoms with van der Waals surface area (Å²) in [5.74, 6) is -0.284. The molecule has 1 aliphatic rings. The van der Waals surface area contributed by atoms with Crippen LogP contribution in [0.2, 0.25) is 0 Å². The van der Waals surface area contributed by atoms with Crippen molar-refractivity contribution in [3.05, 3.63) is 96.3 Å². The maximum atomic E-state index is 13.3. The Balaban J connectivity index is 1.24. The summed E-state index contributed by atoms with van der Waals surface area (Å²) in [5, 5.41) is 7.96. The van der Waals surface area contributed by atoms with E-state index in [1.165, 1.54) is 35.2 Å². The molecule has 13 heteroatoms. The first-order valence-corrected chi connectivity index (χ1v) is 14.7. The van der Waals surface area contributed by atoms with E-state index in [0.717, 1.165) is 39.7 Å². The number of ether oxygens (including phenoxy) is 1. The number of rotatable bonds is 7. The molecule has 1 amide bonds. The van der Waals surface area contributed by atoms with Crippen molar-refractivity contribution < 1.29 is 31.5 Å². The van der Waals surface area contributed by atoms with Gasteiger partial charge in [0.15, 0.2) is 5.17 Å². The number of amidine groups is 1. The number of nitrogens with zero attached hydrogens (tertiary/aromatic N) is 5. The SMILES string of the molecule is CC(C)c1ccccc1N=C1SCC(=O)N1N=Cc1ccc2c(ccc3c2ncn3-c2ccc(OC(F)(F)C(F)(F)F)cc2)c1. The minimum Gasteiger partial charge on any atom is -0.426 e. The highest BCUT2D eigenvalue weighted by Gasteiger charge is 2.61. The van der Waals surface area contributed by atoms with E-state index in [2.05, 4.69) is 28.7 Å². The van der Waals surface area contributed by atoms with Crippen LogP contribution in [0.1, 0.15) is 30.9 Å². The first kappa shape index (κ1) is 30.3. The number of amides is 1. The van der Waals surface area contributed by atoms with E-state index in [0.29, 0.717) is 21.9 Å². The van der Waals surface area contributed by atoms with Crippen molar-refractivity contribution in [3.63, 3.8) is 0 Å². The van der Waals surface area contributed by atoms with Crippen LogP contribution >= 0.6 is 11.8 Å². The van der Waals surface area contributed by atoms with Gasteiger partial charge in [-0.15, -0.1) is 0 Å². The van der Waals surface area contributed by atoms with Crippen LogP contribution in [0.3, 0.4) is 0 Å². The van der Waals surface area contributed by atoms with Gasteiger partial charge in [0.2, 0.25) is 0 Å². The Bertz CT molecular complexity index is 1970. The number of carbonyl (C=O) groups excluding carboxylic acids is 1. The predicted molar refractivity (Wildman–Crippen MR) is 165 cm³/mol. The van der Waals surface area contributed by atoms with Crippen LogP contribution in [0.15, 0.2) is 95.3 Å². The highest BCUT2D eigenvalue weighted by atomic mass is 32.2. The topological polar surface area (TPSA) is 72.1 Å². The highest BCUT2D eigenvalue weighted by molar-refractivity contribution is 8.15. The molecular formula is C32H24F5N5O2S. The third kappa shape index (κ3) is 5.99. The standard InChI is InChI=1S/C32H24F5N5O2S/c1-19(2)24-5-3-4-6-26(24)40-30-42(28(43)17-45-30)39-16-20-7-13-25-21(15-20)8-14-27-29(25)38-18-41(27)22-9-11-23(12-10-22)44-32(36,37)31(33,34)35/h3-16,18-19H,17H2,1-2H3. The molecule has 0 spiro atoms. The number of fused-ring (bicyclic) bond motifs is 3. The molecular weight excluding hydrogens is 613 g/mol. The predicted octanol–water partition coefficient (Wildman–Crippen LogP) is 8.43. The molecule has 1 aromatic heterocycles. The summed E-state index contributed by atoms with van der Waals surface area (Å²) in [6.45, 7) is 4.17. The van der Waals surface area contributed by atoms with Gasteiger partial charge in [0.25, 0.3) is 5.91 Å². The van der Waals surface area contributed by atoms with Gasteiger partial charge in [-0.1, -0.05) is 62.0 Å². The molecule has 45 heavy (non-hydrogen) atoms. The maximum absolute atomic E-state index is 13.3. The van der Waals surface area contributed by atoms with Gasteiger partial charge in [-0.25, -0.2) is 9.98 Å². The third-order valence-corrected chi connectivity index (χ3v) is 8.00. The molecule has 7 nitrogen and oxygen atoms in total. The normalized spacial score (nSPS) is 15.4. The maximum Gasteiger partial charge on any atom is 0.499 e. The molecule has 1 saturated heterocycles. The van der Waals surface area contributed by atoms with Gasteiger partial charge >= 0.3 is 12.3 Å². The summed E-state index contributed by atoms with van der Waals surface area (Å²) in [6.07, 6.45) is -8.01. The van der Waals surface area contributed by atoms with Gasteiger partial charge < -0.3 is 4.74 Å². The lowest BCUT2D eigenvalue weighted by molar-refractivity contribution is -0.360. The van der Waals surface area contributed by atoms with Gasteiger partial charge in [-0.05, 0) is 64.9 Å². The average Bonchev–Trinajstić information content (AvgIpc) is 3.59. The number of aromatic nitrogens is 2. The summed E-state index contributed by atoms with van der Waals surface area (Å²) >= 11 is 1.33. The summed E-state index contributed by atoms with van der Waals surface area (Å²) < 4.78 is 69.5. The number of hydrazone groups is 1. The molecule has 0 atom stereocenters. The number of aliphatic imine (C=N–C) groups is 1. The first-order valence-electron chi connectivity index (χ1n) is 13.7. The van der Waals surface area contributed by atoms with E-state index in [1.807, 2.05) is 54.6 Å². The highest BCUT2D eigenvalue weighted by Crippen LogP contribution is 2.38. The lowest BCUT2D eigenvalue weighted by Crippen LogP contribution is -2.41. The van der Waals surface area contributed by atoms with Gasteiger partial charge in [0.05, 0.1) is 28.7 Å². The third-order valence-electron chi connectivity index (χ3n) is 7.09. The molecule has 230 valence electrons. The molecule has 0 radical (unpaired) electrons. The second kappa shape index (κ2) is 11.6. The Labute approximate surface area is 258 Å². The number of carbonyl (C=O) groups is 1. The van der Waals surface area contributed by atoms with Crippen LogP contribution in [0.25, 0.3) is 27.5 Å². The second-order valence-corrected chi connectivity index (χ2v) is 11.4. The molecule has 0 saturated carbocycles. The van der Waals surface area contributed by atoms with E-state index in [4.69, 9.17) is 4.99 Å². The fraction of sp³-hybridized carbons (Fsp3) is 0.188. The van der Waals surface area contributed by atoms with Gasteiger partial charge in [-0.2, -0.15) is 32.1 Å². The van der Waals surface area contributed by atoms with E-state index in [1.54, 1.807) is 10.8 Å². The zero-order valence-corrected chi connectivity index (χ0v) is 24.6. The van der Waals surface area contributed by atoms with Crippen molar-refractivity contribution in [2.75, 3.05) is 5.75 Å². The molecule has 5 aromatic rings. The lowest BCUT2D eigenvalue weighted by atomic mass is 10.0. The summed E-state index contributed by atoms with van der Waals surface area (Å²) in [5.41, 5.74) is 4.47. The molecule has 0 N–H and O–H groups in total. The van der Waals surface area contributed by atoms with E-state index >= 15 is 0 Å². The Morgan fingerprint density at radius 1 is 0.978 bits per heavy atom. The fourth-order valence-corrected chi connectivity index (χ4v) is 5.66. The summed E-state index contributed by atoms with van der Waals surface area (Å²) in [4.78, 5) is 21.9. The molecule has 0 bridgehead atoms. The molecule has 1 fully saturated rings. The molecule has 0 unspecified atom stereocenters. The van der Waals surface area contributed by atoms with E-state index < -0.39 is 18.0 Å². The largest absolute Gasteiger partial charge is 0.499 e. The van der Waals surface area contributed by atoms with Crippen molar-refractivity contribution in [2.24, 2.45) is 10.1 Å². The van der Waals surface area contributed by atoms with Gasteiger partial charge in [-0.3, -0.25) is 9.36 Å². The monoisotopic (exact) mass is 637 g/mol. The van der Waals surface area contributed by atoms with Crippen molar-refractivity contribution >= 4 is 56.5 Å². The van der Waals surface area contributed by atoms with Crippen molar-refractivity contribution in [2.45, 2.75) is 32.1 Å². The minimum atomic E-state index is -5.83. The Morgan fingerprint density at radius 2 is 1.73 bits per heavy atom. The Morgan fingerprint density at radius 3 is 2.47 bits per heavy atom. The number of hydrogen-bond donors (Lipinski definition) is 0. The van der Waals surface area contributed by atoms with E-state index in [9.17, 15) is 26.7 Å². The molecule has 1 aliphatic heterocycles. The van der Waals surface area contributed by atoms with Crippen LogP contribution < -0.4 is 4.74 Å². The Hall–Kier alpha value is -4.78. The fourth-order valence-electron chi connectivity index (χ4n) is 4.85. The van der Waals surface area contributed by atoms with E-state index in [-0.39, 0.29) is 17.6 Å². The number of para-hydroxylation sites is 1. The van der Waals surface area contributed by atoms with Gasteiger partial charge in [0, 0.05) is 11.1 Å².